The summed E-state index contributed by atoms with van der Waals surface area (Å²) in [5, 5.41) is 11.3. The molecule has 1 unspecified atom stereocenters. The molecule has 1 heterocycles. The summed E-state index contributed by atoms with van der Waals surface area (Å²) in [7, 11) is 0. The number of nitrogens with zero attached hydrogens (tertiary/aromatic N) is 1. The van der Waals surface area contributed by atoms with Gasteiger partial charge in [0.1, 0.15) is 5.25 Å². The summed E-state index contributed by atoms with van der Waals surface area (Å²) >= 11 is 7.17. The van der Waals surface area contributed by atoms with Crippen molar-refractivity contribution in [3.8, 4) is 0 Å². The smallest absolute Gasteiger partial charge is 0.321 e. The van der Waals surface area contributed by atoms with E-state index < -0.39 is 11.2 Å². The van der Waals surface area contributed by atoms with Crippen molar-refractivity contribution >= 4 is 40.1 Å². The second-order valence-electron chi connectivity index (χ2n) is 5.51. The molecule has 4 nitrogen and oxygen atoms in total. The highest BCUT2D eigenvalue weighted by atomic mass is 35.5. The Morgan fingerprint density at radius 3 is 2.56 bits per heavy atom. The third-order valence-corrected chi connectivity index (χ3v) is 5.44. The number of carboxylic acids is 1. The van der Waals surface area contributed by atoms with Crippen LogP contribution in [0.2, 0.25) is 5.02 Å². The van der Waals surface area contributed by atoms with Crippen molar-refractivity contribution in [3.63, 3.8) is 0 Å². The van der Waals surface area contributed by atoms with E-state index in [4.69, 9.17) is 11.6 Å². The topological polar surface area (TPSA) is 59.3 Å². The molecule has 0 radical (unpaired) electrons. The maximum atomic E-state index is 12.8. The number of fused-ring (bicyclic) bond motifs is 1. The molecule has 0 spiro atoms. The molecular weight excluding hydrogens is 358 g/mol. The summed E-state index contributed by atoms with van der Waals surface area (Å²) in [4.78, 5) is 24.5. The van der Waals surface area contributed by atoms with Crippen molar-refractivity contribution in [2.24, 2.45) is 0 Å². The Labute approximate surface area is 154 Å². The minimum absolute atomic E-state index is 0.165. The first-order valence-corrected chi connectivity index (χ1v) is 9.04. The van der Waals surface area contributed by atoms with Crippen LogP contribution >= 0.6 is 23.4 Å². The van der Waals surface area contributed by atoms with Crippen molar-refractivity contribution in [2.75, 3.05) is 0 Å². The molecule has 1 aromatic heterocycles. The maximum Gasteiger partial charge on any atom is 0.321 e. The molecule has 0 aliphatic carbocycles. The van der Waals surface area contributed by atoms with Crippen molar-refractivity contribution in [2.45, 2.75) is 23.7 Å². The number of carboxylic acid groups (broad SMARTS) is 1. The van der Waals surface area contributed by atoms with Crippen LogP contribution in [0, 0.1) is 0 Å². The van der Waals surface area contributed by atoms with Crippen molar-refractivity contribution in [1.29, 1.82) is 0 Å². The fourth-order valence-electron chi connectivity index (χ4n) is 2.70. The van der Waals surface area contributed by atoms with Crippen LogP contribution in [0.25, 0.3) is 10.8 Å². The van der Waals surface area contributed by atoms with E-state index in [1.807, 2.05) is 19.1 Å². The fraction of sp³-hybridized carbons (Fsp3) is 0.158. The molecule has 1 N–H and O–H groups in total. The van der Waals surface area contributed by atoms with Crippen LogP contribution in [0.5, 0.6) is 0 Å². The minimum atomic E-state index is -0.942. The molecule has 0 saturated heterocycles. The molecule has 1 atom stereocenters. The van der Waals surface area contributed by atoms with Gasteiger partial charge in [-0.25, -0.2) is 0 Å². The van der Waals surface area contributed by atoms with E-state index in [0.29, 0.717) is 27.5 Å². The zero-order valence-corrected chi connectivity index (χ0v) is 15.1. The lowest BCUT2D eigenvalue weighted by atomic mass is 10.1. The summed E-state index contributed by atoms with van der Waals surface area (Å²) in [6, 6.07) is 16.0. The number of hydrogen-bond acceptors (Lipinski definition) is 3. The molecular formula is C19H16ClNO3S. The summed E-state index contributed by atoms with van der Waals surface area (Å²) < 4.78 is 1.59. The van der Waals surface area contributed by atoms with E-state index in [0.717, 1.165) is 17.1 Å². The number of aromatic nitrogens is 1. The molecule has 0 amide bonds. The first-order valence-electron chi connectivity index (χ1n) is 7.78. The Kier molecular flexibility index (Phi) is 5.16. The second kappa shape index (κ2) is 7.33. The van der Waals surface area contributed by atoms with Gasteiger partial charge >= 0.3 is 5.97 Å². The predicted octanol–water partition coefficient (Wildman–Crippen LogP) is 4.59. The highest BCUT2D eigenvalue weighted by Gasteiger charge is 2.23. The standard InChI is InChI=1S/C19H16ClNO3S/c1-2-21-16(10-13-8-9-14(20)11-15(13)18(21)22)25-17(19(23)24)12-6-4-3-5-7-12/h3-11,17H,2H2,1H3,(H,23,24). The summed E-state index contributed by atoms with van der Waals surface area (Å²) in [5.74, 6) is -0.942. The normalized spacial score (nSPS) is 12.2. The van der Waals surface area contributed by atoms with E-state index in [9.17, 15) is 14.7 Å². The predicted molar refractivity (Wildman–Crippen MR) is 102 cm³/mol. The Balaban J connectivity index is 2.12. The lowest BCUT2D eigenvalue weighted by molar-refractivity contribution is -0.136. The maximum absolute atomic E-state index is 12.8. The van der Waals surface area contributed by atoms with E-state index in [2.05, 4.69) is 0 Å². The lowest BCUT2D eigenvalue weighted by Gasteiger charge is -2.17. The molecule has 0 fully saturated rings. The Bertz CT molecular complexity index is 985. The molecule has 0 aliphatic heterocycles. The zero-order valence-electron chi connectivity index (χ0n) is 13.5. The number of aliphatic carboxylic acids is 1. The van der Waals surface area contributed by atoms with Gasteiger partial charge < -0.3 is 9.67 Å². The van der Waals surface area contributed by atoms with Gasteiger partial charge in [0.05, 0.1) is 5.03 Å². The van der Waals surface area contributed by atoms with Gasteiger partial charge in [-0.15, -0.1) is 0 Å². The average molecular weight is 374 g/mol. The molecule has 0 bridgehead atoms. The van der Waals surface area contributed by atoms with Crippen LogP contribution in [-0.2, 0) is 11.3 Å². The summed E-state index contributed by atoms with van der Waals surface area (Å²) in [6.07, 6.45) is 0. The van der Waals surface area contributed by atoms with E-state index in [-0.39, 0.29) is 5.56 Å². The monoisotopic (exact) mass is 373 g/mol. The van der Waals surface area contributed by atoms with E-state index in [1.54, 1.807) is 47.0 Å². The van der Waals surface area contributed by atoms with Crippen LogP contribution in [-0.4, -0.2) is 15.6 Å². The van der Waals surface area contributed by atoms with Gasteiger partial charge in [0.2, 0.25) is 0 Å². The lowest BCUT2D eigenvalue weighted by Crippen LogP contribution is -2.22. The zero-order chi connectivity index (χ0) is 18.0. The highest BCUT2D eigenvalue weighted by molar-refractivity contribution is 8.00. The van der Waals surface area contributed by atoms with Gasteiger partial charge in [-0.1, -0.05) is 59.8 Å². The number of rotatable bonds is 5. The third kappa shape index (κ3) is 3.57. The first-order chi connectivity index (χ1) is 12.0. The molecule has 2 aromatic carbocycles. The molecule has 6 heteroatoms. The second-order valence-corrected chi connectivity index (χ2v) is 7.07. The molecule has 3 rings (SSSR count). The van der Waals surface area contributed by atoms with Crippen LogP contribution in [0.15, 0.2) is 64.4 Å². The minimum Gasteiger partial charge on any atom is -0.480 e. The number of hydrogen-bond donors (Lipinski definition) is 1. The van der Waals surface area contributed by atoms with Crippen LogP contribution in [0.3, 0.4) is 0 Å². The van der Waals surface area contributed by atoms with Gasteiger partial charge in [-0.3, -0.25) is 9.59 Å². The Morgan fingerprint density at radius 1 is 1.20 bits per heavy atom. The summed E-state index contributed by atoms with van der Waals surface area (Å²) in [6.45, 7) is 2.31. The number of thioether (sulfide) groups is 1. The quantitative estimate of drug-likeness (QED) is 0.664. The van der Waals surface area contributed by atoms with Gasteiger partial charge in [0, 0.05) is 17.0 Å². The third-order valence-electron chi connectivity index (χ3n) is 3.92. The number of carbonyl (C=O) groups is 1. The average Bonchev–Trinajstić information content (AvgIpc) is 2.61. The van der Waals surface area contributed by atoms with Gasteiger partial charge in [0.15, 0.2) is 0 Å². The molecule has 0 aliphatic rings. The van der Waals surface area contributed by atoms with Crippen LogP contribution in [0.1, 0.15) is 17.7 Å². The largest absolute Gasteiger partial charge is 0.480 e. The highest BCUT2D eigenvalue weighted by Crippen LogP contribution is 2.36. The molecule has 128 valence electrons. The van der Waals surface area contributed by atoms with E-state index >= 15 is 0 Å². The Hall–Kier alpha value is -2.24. The number of halogens is 1. The van der Waals surface area contributed by atoms with E-state index in [1.165, 1.54) is 0 Å². The SMILES string of the molecule is CCn1c(SC(C(=O)O)c2ccccc2)cc2ccc(Cl)cc2c1=O. The molecule has 25 heavy (non-hydrogen) atoms. The first kappa shape index (κ1) is 17.6. The molecule has 3 aromatic rings. The Morgan fingerprint density at radius 2 is 1.92 bits per heavy atom. The van der Waals surface area contributed by atoms with Crippen LogP contribution in [0.4, 0.5) is 0 Å². The fourth-order valence-corrected chi connectivity index (χ4v) is 4.04. The van der Waals surface area contributed by atoms with Crippen molar-refractivity contribution in [1.82, 2.24) is 4.57 Å². The number of benzene rings is 2. The van der Waals surface area contributed by atoms with Gasteiger partial charge in [-0.05, 0) is 36.1 Å². The number of pyridine rings is 1. The molecule has 0 saturated carbocycles. The van der Waals surface area contributed by atoms with Crippen molar-refractivity contribution in [3.05, 3.63) is 75.5 Å². The van der Waals surface area contributed by atoms with Crippen LogP contribution < -0.4 is 5.56 Å². The van der Waals surface area contributed by atoms with Gasteiger partial charge in [-0.2, -0.15) is 0 Å². The summed E-state index contributed by atoms with van der Waals surface area (Å²) in [5.41, 5.74) is 0.522. The van der Waals surface area contributed by atoms with Crippen molar-refractivity contribution < 1.29 is 9.90 Å². The van der Waals surface area contributed by atoms with Gasteiger partial charge in [0.25, 0.3) is 5.56 Å².